The number of hydrogen-bond donors (Lipinski definition) is 1. The van der Waals surface area contributed by atoms with Gasteiger partial charge in [-0.25, -0.2) is 0 Å². The molecule has 15 heavy (non-hydrogen) atoms. The Kier molecular flexibility index (Phi) is 2.73. The first-order valence-corrected chi connectivity index (χ1v) is 6.72. The number of hydrogen-bond acceptors (Lipinski definition) is 2. The molecule has 2 heterocycles. The summed E-state index contributed by atoms with van der Waals surface area (Å²) in [5.74, 6) is 4.14. The van der Waals surface area contributed by atoms with Crippen LogP contribution in [0.15, 0.2) is 0 Å². The van der Waals surface area contributed by atoms with E-state index in [0.29, 0.717) is 0 Å². The highest BCUT2D eigenvalue weighted by Gasteiger charge is 2.40. The summed E-state index contributed by atoms with van der Waals surface area (Å²) in [6.07, 6.45) is 5.99. The van der Waals surface area contributed by atoms with Crippen LogP contribution in [-0.4, -0.2) is 38.1 Å². The van der Waals surface area contributed by atoms with Crippen LogP contribution in [0.1, 0.15) is 25.7 Å². The van der Waals surface area contributed by atoms with Gasteiger partial charge in [0.05, 0.1) is 0 Å². The predicted molar refractivity (Wildman–Crippen MR) is 62.8 cm³/mol. The predicted octanol–water partition coefficient (Wildman–Crippen LogP) is 1.57. The summed E-state index contributed by atoms with van der Waals surface area (Å²) in [7, 11) is 2.30. The molecule has 0 radical (unpaired) electrons. The van der Waals surface area contributed by atoms with E-state index in [2.05, 4.69) is 17.3 Å². The maximum atomic E-state index is 3.55. The molecule has 2 saturated heterocycles. The fraction of sp³-hybridized carbons (Fsp3) is 1.00. The lowest BCUT2D eigenvalue weighted by atomic mass is 9.83. The van der Waals surface area contributed by atoms with Gasteiger partial charge in [-0.15, -0.1) is 0 Å². The van der Waals surface area contributed by atoms with Gasteiger partial charge in [0.15, 0.2) is 0 Å². The van der Waals surface area contributed by atoms with Gasteiger partial charge in [0.25, 0.3) is 0 Å². The van der Waals surface area contributed by atoms with Crippen LogP contribution in [0, 0.1) is 23.7 Å². The van der Waals surface area contributed by atoms with Gasteiger partial charge in [0.2, 0.25) is 0 Å². The molecule has 0 aromatic carbocycles. The Labute approximate surface area is 93.4 Å². The molecule has 3 fully saturated rings. The Balaban J connectivity index is 1.59. The molecule has 3 aliphatic rings. The molecule has 2 aliphatic heterocycles. The summed E-state index contributed by atoms with van der Waals surface area (Å²) >= 11 is 0. The molecular formula is C13H24N2. The van der Waals surface area contributed by atoms with E-state index in [4.69, 9.17) is 0 Å². The lowest BCUT2D eigenvalue weighted by molar-refractivity contribution is 0.156. The smallest absolute Gasteiger partial charge is 0.000927 e. The minimum Gasteiger partial charge on any atom is -0.316 e. The van der Waals surface area contributed by atoms with Crippen molar-refractivity contribution in [3.8, 4) is 0 Å². The van der Waals surface area contributed by atoms with Gasteiger partial charge < -0.3 is 10.2 Å². The minimum absolute atomic E-state index is 1.02. The third-order valence-corrected chi connectivity index (χ3v) is 5.02. The molecule has 0 spiro atoms. The van der Waals surface area contributed by atoms with Crippen LogP contribution in [0.25, 0.3) is 0 Å². The van der Waals surface area contributed by atoms with Gasteiger partial charge in [0.1, 0.15) is 0 Å². The summed E-state index contributed by atoms with van der Waals surface area (Å²) in [6, 6.07) is 0. The van der Waals surface area contributed by atoms with E-state index >= 15 is 0 Å². The molecule has 1 aliphatic carbocycles. The van der Waals surface area contributed by atoms with Crippen molar-refractivity contribution in [2.24, 2.45) is 23.7 Å². The lowest BCUT2D eigenvalue weighted by Gasteiger charge is -2.33. The second kappa shape index (κ2) is 4.06. The second-order valence-electron chi connectivity index (χ2n) is 6.07. The molecular weight excluding hydrogens is 184 g/mol. The fourth-order valence-electron chi connectivity index (χ4n) is 4.19. The molecule has 1 N–H and O–H groups in total. The zero-order valence-corrected chi connectivity index (χ0v) is 9.91. The minimum atomic E-state index is 1.02. The Bertz CT molecular complexity index is 217. The highest BCUT2D eigenvalue weighted by molar-refractivity contribution is 4.93. The van der Waals surface area contributed by atoms with Crippen molar-refractivity contribution < 1.29 is 0 Å². The quantitative estimate of drug-likeness (QED) is 0.704. The third-order valence-electron chi connectivity index (χ3n) is 5.02. The Morgan fingerprint density at radius 3 is 2.40 bits per heavy atom. The number of fused-ring (bicyclic) bond motifs is 1. The van der Waals surface area contributed by atoms with Crippen LogP contribution < -0.4 is 5.32 Å². The van der Waals surface area contributed by atoms with E-state index in [9.17, 15) is 0 Å². The van der Waals surface area contributed by atoms with E-state index in [1.165, 1.54) is 51.9 Å². The topological polar surface area (TPSA) is 15.3 Å². The van der Waals surface area contributed by atoms with E-state index < -0.39 is 0 Å². The number of piperidine rings is 1. The number of likely N-dealkylation sites (tertiary alicyclic amines) is 1. The molecule has 0 amide bonds. The van der Waals surface area contributed by atoms with Crippen LogP contribution in [0.5, 0.6) is 0 Å². The van der Waals surface area contributed by atoms with Gasteiger partial charge in [-0.3, -0.25) is 0 Å². The first kappa shape index (κ1) is 10.1. The molecule has 0 aromatic heterocycles. The maximum absolute atomic E-state index is 3.55. The molecule has 1 saturated carbocycles. The number of nitrogens with zero attached hydrogens (tertiary/aromatic N) is 1. The Hall–Kier alpha value is -0.0800. The third kappa shape index (κ3) is 1.94. The van der Waals surface area contributed by atoms with Gasteiger partial charge >= 0.3 is 0 Å². The molecule has 3 atom stereocenters. The lowest BCUT2D eigenvalue weighted by Crippen LogP contribution is -2.35. The van der Waals surface area contributed by atoms with Crippen molar-refractivity contribution in [1.29, 1.82) is 0 Å². The normalized spacial score (nSPS) is 47.0. The summed E-state index contributed by atoms with van der Waals surface area (Å²) in [6.45, 7) is 5.32. The molecule has 2 nitrogen and oxygen atoms in total. The van der Waals surface area contributed by atoms with Gasteiger partial charge in [-0.1, -0.05) is 0 Å². The summed E-state index contributed by atoms with van der Waals surface area (Å²) in [4.78, 5) is 2.54. The largest absolute Gasteiger partial charge is 0.316 e. The van der Waals surface area contributed by atoms with Gasteiger partial charge in [-0.2, -0.15) is 0 Å². The van der Waals surface area contributed by atoms with Crippen LogP contribution in [0.4, 0.5) is 0 Å². The highest BCUT2D eigenvalue weighted by Crippen LogP contribution is 2.43. The summed E-state index contributed by atoms with van der Waals surface area (Å²) < 4.78 is 0. The van der Waals surface area contributed by atoms with Crippen LogP contribution in [0.2, 0.25) is 0 Å². The van der Waals surface area contributed by atoms with E-state index in [1.807, 2.05) is 0 Å². The Morgan fingerprint density at radius 1 is 1.00 bits per heavy atom. The number of nitrogens with one attached hydrogen (secondary N) is 1. The first-order chi connectivity index (χ1) is 7.33. The molecule has 0 aromatic rings. The van der Waals surface area contributed by atoms with E-state index in [-0.39, 0.29) is 0 Å². The number of rotatable bonds is 1. The maximum Gasteiger partial charge on any atom is 0.000927 e. The van der Waals surface area contributed by atoms with Crippen molar-refractivity contribution in [3.05, 3.63) is 0 Å². The standard InChI is InChI=1S/C13H24N2/c1-15-4-2-3-10(9-15)11-5-12-7-14-8-13(12)6-11/h10-14H,2-9H2,1H3. The zero-order chi connectivity index (χ0) is 10.3. The average molecular weight is 208 g/mol. The van der Waals surface area contributed by atoms with Crippen LogP contribution in [-0.2, 0) is 0 Å². The van der Waals surface area contributed by atoms with Crippen molar-refractivity contribution in [1.82, 2.24) is 10.2 Å². The van der Waals surface area contributed by atoms with E-state index in [1.54, 1.807) is 0 Å². The zero-order valence-electron chi connectivity index (χ0n) is 9.91. The van der Waals surface area contributed by atoms with Crippen molar-refractivity contribution >= 4 is 0 Å². The Morgan fingerprint density at radius 2 is 1.73 bits per heavy atom. The summed E-state index contributed by atoms with van der Waals surface area (Å²) in [5.41, 5.74) is 0. The summed E-state index contributed by atoms with van der Waals surface area (Å²) in [5, 5.41) is 3.55. The molecule has 86 valence electrons. The molecule has 3 unspecified atom stereocenters. The fourth-order valence-corrected chi connectivity index (χ4v) is 4.19. The van der Waals surface area contributed by atoms with Crippen molar-refractivity contribution in [3.63, 3.8) is 0 Å². The molecule has 2 heteroatoms. The highest BCUT2D eigenvalue weighted by atomic mass is 15.1. The van der Waals surface area contributed by atoms with Gasteiger partial charge in [0, 0.05) is 6.54 Å². The molecule has 3 rings (SSSR count). The first-order valence-electron chi connectivity index (χ1n) is 6.72. The van der Waals surface area contributed by atoms with Crippen LogP contribution in [0.3, 0.4) is 0 Å². The molecule has 0 bridgehead atoms. The van der Waals surface area contributed by atoms with Crippen molar-refractivity contribution in [2.45, 2.75) is 25.7 Å². The van der Waals surface area contributed by atoms with Gasteiger partial charge in [-0.05, 0) is 76.0 Å². The van der Waals surface area contributed by atoms with E-state index in [0.717, 1.165) is 23.7 Å². The van der Waals surface area contributed by atoms with Crippen LogP contribution >= 0.6 is 0 Å². The monoisotopic (exact) mass is 208 g/mol. The SMILES string of the molecule is CN1CCCC(C2CC3CNCC3C2)C1. The average Bonchev–Trinajstić information content (AvgIpc) is 2.76. The second-order valence-corrected chi connectivity index (χ2v) is 6.07. The van der Waals surface area contributed by atoms with Crippen molar-refractivity contribution in [2.75, 3.05) is 33.2 Å².